The molecule has 0 amide bonds. The number of hydrogen-bond acceptors (Lipinski definition) is 5. The zero-order valence-corrected chi connectivity index (χ0v) is 13.2. The van der Waals surface area contributed by atoms with Gasteiger partial charge in [0.25, 0.3) is 0 Å². The lowest BCUT2D eigenvalue weighted by molar-refractivity contribution is 0.211. The van der Waals surface area contributed by atoms with Crippen LogP contribution in [0.1, 0.15) is 16.1 Å². The third kappa shape index (κ3) is 3.81. The molecule has 5 heteroatoms. The number of anilines is 1. The van der Waals surface area contributed by atoms with Crippen molar-refractivity contribution < 1.29 is 4.74 Å². The minimum Gasteiger partial charge on any atom is -0.383 e. The van der Waals surface area contributed by atoms with Gasteiger partial charge in [-0.15, -0.1) is 11.3 Å². The first-order valence-electron chi connectivity index (χ1n) is 7.33. The van der Waals surface area contributed by atoms with Crippen LogP contribution < -0.4 is 5.32 Å². The van der Waals surface area contributed by atoms with Crippen LogP contribution in [0.2, 0.25) is 0 Å². The van der Waals surface area contributed by atoms with Gasteiger partial charge in [-0.05, 0) is 5.56 Å². The summed E-state index contributed by atoms with van der Waals surface area (Å²) < 4.78 is 5.06. The van der Waals surface area contributed by atoms with Crippen LogP contribution in [0, 0.1) is 0 Å². The molecule has 4 nitrogen and oxygen atoms in total. The summed E-state index contributed by atoms with van der Waals surface area (Å²) >= 11 is 1.78. The molecule has 21 heavy (non-hydrogen) atoms. The summed E-state index contributed by atoms with van der Waals surface area (Å²) in [7, 11) is 1.72. The molecule has 0 saturated heterocycles. The highest BCUT2D eigenvalue weighted by molar-refractivity contribution is 7.15. The van der Waals surface area contributed by atoms with Crippen molar-refractivity contribution in [1.29, 1.82) is 0 Å². The van der Waals surface area contributed by atoms with Crippen LogP contribution in [-0.4, -0.2) is 36.7 Å². The molecule has 1 aliphatic rings. The van der Waals surface area contributed by atoms with Crippen LogP contribution in [0.4, 0.5) is 5.13 Å². The van der Waals surface area contributed by atoms with Crippen molar-refractivity contribution in [3.8, 4) is 0 Å². The Labute approximate surface area is 129 Å². The molecule has 0 aliphatic carbocycles. The van der Waals surface area contributed by atoms with E-state index in [0.29, 0.717) is 6.61 Å². The molecule has 1 aliphatic heterocycles. The van der Waals surface area contributed by atoms with Gasteiger partial charge < -0.3 is 10.1 Å². The molecule has 0 fully saturated rings. The van der Waals surface area contributed by atoms with E-state index in [0.717, 1.165) is 37.7 Å². The summed E-state index contributed by atoms with van der Waals surface area (Å²) in [6.45, 7) is 4.64. The van der Waals surface area contributed by atoms with Crippen LogP contribution in [0.3, 0.4) is 0 Å². The Morgan fingerprint density at radius 2 is 2.19 bits per heavy atom. The SMILES string of the molecule is COCCNc1nc2c(s1)CN(Cc1ccccc1)CC2. The lowest BCUT2D eigenvalue weighted by Gasteiger charge is -2.25. The molecule has 1 aromatic heterocycles. The molecule has 1 aromatic carbocycles. The monoisotopic (exact) mass is 303 g/mol. The minimum atomic E-state index is 0.713. The Bertz CT molecular complexity index is 570. The first kappa shape index (κ1) is 14.5. The fourth-order valence-electron chi connectivity index (χ4n) is 2.56. The molecular formula is C16H21N3OS. The van der Waals surface area contributed by atoms with Crippen molar-refractivity contribution in [1.82, 2.24) is 9.88 Å². The molecule has 2 heterocycles. The Balaban J connectivity index is 1.60. The minimum absolute atomic E-state index is 0.713. The van der Waals surface area contributed by atoms with Crippen molar-refractivity contribution in [3.63, 3.8) is 0 Å². The largest absolute Gasteiger partial charge is 0.383 e. The van der Waals surface area contributed by atoms with E-state index < -0.39 is 0 Å². The number of nitrogens with zero attached hydrogens (tertiary/aromatic N) is 2. The average molecular weight is 303 g/mol. The maximum atomic E-state index is 5.06. The van der Waals surface area contributed by atoms with Crippen LogP contribution in [0.25, 0.3) is 0 Å². The number of benzene rings is 1. The molecule has 0 atom stereocenters. The van der Waals surface area contributed by atoms with Gasteiger partial charge in [0.1, 0.15) is 0 Å². The van der Waals surface area contributed by atoms with E-state index in [1.807, 2.05) is 0 Å². The van der Waals surface area contributed by atoms with Gasteiger partial charge >= 0.3 is 0 Å². The van der Waals surface area contributed by atoms with Crippen molar-refractivity contribution in [3.05, 3.63) is 46.5 Å². The lowest BCUT2D eigenvalue weighted by atomic mass is 10.1. The van der Waals surface area contributed by atoms with E-state index in [1.54, 1.807) is 18.4 Å². The van der Waals surface area contributed by atoms with Gasteiger partial charge in [0.15, 0.2) is 5.13 Å². The topological polar surface area (TPSA) is 37.4 Å². The van der Waals surface area contributed by atoms with Crippen LogP contribution >= 0.6 is 11.3 Å². The normalized spacial score (nSPS) is 14.9. The smallest absolute Gasteiger partial charge is 0.183 e. The molecule has 0 radical (unpaired) electrons. The molecule has 3 rings (SSSR count). The van der Waals surface area contributed by atoms with E-state index in [2.05, 4.69) is 45.5 Å². The fraction of sp³-hybridized carbons (Fsp3) is 0.438. The van der Waals surface area contributed by atoms with Crippen molar-refractivity contribution in [2.45, 2.75) is 19.5 Å². The highest BCUT2D eigenvalue weighted by Gasteiger charge is 2.20. The lowest BCUT2D eigenvalue weighted by Crippen LogP contribution is -2.29. The zero-order chi connectivity index (χ0) is 14.5. The van der Waals surface area contributed by atoms with Gasteiger partial charge in [0.05, 0.1) is 12.3 Å². The Morgan fingerprint density at radius 3 is 3.00 bits per heavy atom. The van der Waals surface area contributed by atoms with Gasteiger partial charge in [0.2, 0.25) is 0 Å². The predicted octanol–water partition coefficient (Wildman–Crippen LogP) is 2.76. The van der Waals surface area contributed by atoms with Crippen LogP contribution in [-0.2, 0) is 24.2 Å². The summed E-state index contributed by atoms with van der Waals surface area (Å²) in [5, 5.41) is 4.36. The summed E-state index contributed by atoms with van der Waals surface area (Å²) in [6, 6.07) is 10.7. The van der Waals surface area contributed by atoms with Gasteiger partial charge in [-0.25, -0.2) is 4.98 Å². The molecule has 112 valence electrons. The van der Waals surface area contributed by atoms with Crippen LogP contribution in [0.5, 0.6) is 0 Å². The average Bonchev–Trinajstić information content (AvgIpc) is 2.90. The molecule has 2 aromatic rings. The van der Waals surface area contributed by atoms with Crippen molar-refractivity contribution in [2.24, 2.45) is 0 Å². The second kappa shape index (κ2) is 7.02. The van der Waals surface area contributed by atoms with Gasteiger partial charge in [-0.2, -0.15) is 0 Å². The first-order chi connectivity index (χ1) is 10.3. The van der Waals surface area contributed by atoms with E-state index in [1.165, 1.54) is 16.1 Å². The van der Waals surface area contributed by atoms with Gasteiger partial charge in [-0.3, -0.25) is 4.90 Å². The highest BCUT2D eigenvalue weighted by Crippen LogP contribution is 2.28. The predicted molar refractivity (Wildman–Crippen MR) is 86.7 cm³/mol. The standard InChI is InChI=1S/C16H21N3OS/c1-20-10-8-17-16-18-14-7-9-19(12-15(14)21-16)11-13-5-3-2-4-6-13/h2-6H,7-12H2,1H3,(H,17,18). The quantitative estimate of drug-likeness (QED) is 0.833. The summed E-state index contributed by atoms with van der Waals surface area (Å²) in [5.41, 5.74) is 2.65. The summed E-state index contributed by atoms with van der Waals surface area (Å²) in [6.07, 6.45) is 1.05. The van der Waals surface area contributed by atoms with E-state index in [9.17, 15) is 0 Å². The summed E-state index contributed by atoms with van der Waals surface area (Å²) in [4.78, 5) is 8.58. The van der Waals surface area contributed by atoms with Gasteiger partial charge in [0, 0.05) is 44.6 Å². The van der Waals surface area contributed by atoms with E-state index >= 15 is 0 Å². The molecular weight excluding hydrogens is 282 g/mol. The molecule has 0 spiro atoms. The van der Waals surface area contributed by atoms with Crippen molar-refractivity contribution >= 4 is 16.5 Å². The number of thiazole rings is 1. The second-order valence-electron chi connectivity index (χ2n) is 5.25. The Kier molecular flexibility index (Phi) is 4.85. The Hall–Kier alpha value is -1.43. The number of fused-ring (bicyclic) bond motifs is 1. The third-order valence-corrected chi connectivity index (χ3v) is 4.68. The molecule has 0 bridgehead atoms. The number of hydrogen-bond donors (Lipinski definition) is 1. The summed E-state index contributed by atoms with van der Waals surface area (Å²) in [5.74, 6) is 0. The first-order valence-corrected chi connectivity index (χ1v) is 8.14. The number of aromatic nitrogens is 1. The number of ether oxygens (including phenoxy) is 1. The molecule has 0 unspecified atom stereocenters. The van der Waals surface area contributed by atoms with Crippen LogP contribution in [0.15, 0.2) is 30.3 Å². The number of rotatable bonds is 6. The number of nitrogens with one attached hydrogen (secondary N) is 1. The maximum Gasteiger partial charge on any atom is 0.183 e. The van der Waals surface area contributed by atoms with E-state index in [4.69, 9.17) is 4.74 Å². The zero-order valence-electron chi connectivity index (χ0n) is 12.3. The number of methoxy groups -OCH3 is 1. The Morgan fingerprint density at radius 1 is 1.33 bits per heavy atom. The molecule has 0 saturated carbocycles. The fourth-order valence-corrected chi connectivity index (χ4v) is 3.64. The molecule has 1 N–H and O–H groups in total. The second-order valence-corrected chi connectivity index (χ2v) is 6.34. The van der Waals surface area contributed by atoms with Gasteiger partial charge in [-0.1, -0.05) is 30.3 Å². The highest BCUT2D eigenvalue weighted by atomic mass is 32.1. The third-order valence-electron chi connectivity index (χ3n) is 3.64. The van der Waals surface area contributed by atoms with E-state index in [-0.39, 0.29) is 0 Å². The maximum absolute atomic E-state index is 5.06. The van der Waals surface area contributed by atoms with Crippen molar-refractivity contribution in [2.75, 3.05) is 32.1 Å².